The van der Waals surface area contributed by atoms with Crippen LogP contribution in [0.15, 0.2) is 60.5 Å². The number of esters is 1. The molecule has 6 nitrogen and oxygen atoms in total. The number of pyridine rings is 1. The van der Waals surface area contributed by atoms with E-state index in [4.69, 9.17) is 32.7 Å². The molecule has 1 amide bonds. The number of aromatic nitrogens is 1. The number of carbonyl (C=O) groups is 2. The Balaban J connectivity index is 2.10. The molecule has 0 saturated carbocycles. The Morgan fingerprint density at radius 1 is 1.19 bits per heavy atom. The lowest BCUT2D eigenvalue weighted by Crippen LogP contribution is -2.34. The molecule has 1 aliphatic rings. The maximum atomic E-state index is 13.8. The molecule has 0 atom stereocenters. The summed E-state index contributed by atoms with van der Waals surface area (Å²) in [5.41, 5.74) is 2.07. The second kappa shape index (κ2) is 11.2. The molecular weight excluding hydrogens is 451 g/mol. The van der Waals surface area contributed by atoms with Crippen molar-refractivity contribution in [3.63, 3.8) is 0 Å². The first-order chi connectivity index (χ1) is 15.5. The first-order valence-electron chi connectivity index (χ1n) is 10.2. The molecule has 0 spiro atoms. The molecule has 8 heteroatoms. The molecule has 3 rings (SSSR count). The van der Waals surface area contributed by atoms with Crippen molar-refractivity contribution in [1.82, 2.24) is 4.98 Å². The molecule has 168 valence electrons. The van der Waals surface area contributed by atoms with Crippen molar-refractivity contribution < 1.29 is 19.1 Å². The van der Waals surface area contributed by atoms with Gasteiger partial charge in [0.2, 0.25) is 0 Å². The standard InChI is InChI=1S/C24H24Cl2N2O4/c1-3-11-32-22-13-21(19(25)12-20(22)26)28(15-16-7-6-10-27-14-16)23(29)17-8-4-5-9-18(17)24(30)31-2/h3,6-7,10,12-14H,1,4-5,8-9,11,15H2,2H3. The summed E-state index contributed by atoms with van der Waals surface area (Å²) in [6.07, 6.45) is 7.54. The summed E-state index contributed by atoms with van der Waals surface area (Å²) in [5.74, 6) is -0.416. The number of benzene rings is 1. The van der Waals surface area contributed by atoms with Crippen molar-refractivity contribution >= 4 is 40.8 Å². The van der Waals surface area contributed by atoms with Gasteiger partial charge in [0.15, 0.2) is 0 Å². The number of hydrogen-bond donors (Lipinski definition) is 0. The smallest absolute Gasteiger partial charge is 0.334 e. The van der Waals surface area contributed by atoms with Gasteiger partial charge in [0.05, 0.1) is 29.4 Å². The van der Waals surface area contributed by atoms with E-state index < -0.39 is 5.97 Å². The van der Waals surface area contributed by atoms with Crippen LogP contribution in [0.1, 0.15) is 31.2 Å². The van der Waals surface area contributed by atoms with Crippen LogP contribution in [0.5, 0.6) is 5.75 Å². The van der Waals surface area contributed by atoms with E-state index in [9.17, 15) is 9.59 Å². The molecule has 0 saturated heterocycles. The molecule has 1 aromatic carbocycles. The zero-order valence-electron chi connectivity index (χ0n) is 17.8. The maximum Gasteiger partial charge on any atom is 0.334 e. The van der Waals surface area contributed by atoms with Crippen LogP contribution < -0.4 is 9.64 Å². The molecule has 0 N–H and O–H groups in total. The number of carbonyl (C=O) groups excluding carboxylic acids is 2. The number of halogens is 2. The summed E-state index contributed by atoms with van der Waals surface area (Å²) in [4.78, 5) is 31.8. The van der Waals surface area contributed by atoms with Crippen LogP contribution in [-0.2, 0) is 20.9 Å². The van der Waals surface area contributed by atoms with Crippen LogP contribution in [0.2, 0.25) is 10.0 Å². The number of rotatable bonds is 8. The first-order valence-corrected chi connectivity index (χ1v) is 11.0. The summed E-state index contributed by atoms with van der Waals surface area (Å²) in [6, 6.07) is 6.82. The fraction of sp³-hybridized carbons (Fsp3) is 0.292. The third-order valence-corrected chi connectivity index (χ3v) is 5.71. The molecule has 1 aliphatic carbocycles. The minimum Gasteiger partial charge on any atom is -0.488 e. The summed E-state index contributed by atoms with van der Waals surface area (Å²) in [5, 5.41) is 0.607. The van der Waals surface area contributed by atoms with Gasteiger partial charge in [-0.1, -0.05) is 41.9 Å². The number of ether oxygens (including phenoxy) is 2. The molecule has 0 aliphatic heterocycles. The average molecular weight is 475 g/mol. The molecule has 0 fully saturated rings. The number of anilines is 1. The van der Waals surface area contributed by atoms with Crippen molar-refractivity contribution in [1.29, 1.82) is 0 Å². The van der Waals surface area contributed by atoms with Gasteiger partial charge in [-0.2, -0.15) is 0 Å². The van der Waals surface area contributed by atoms with Gasteiger partial charge in [-0.3, -0.25) is 9.78 Å². The van der Waals surface area contributed by atoms with Crippen LogP contribution in [-0.4, -0.2) is 30.6 Å². The van der Waals surface area contributed by atoms with Crippen molar-refractivity contribution in [2.75, 3.05) is 18.6 Å². The maximum absolute atomic E-state index is 13.8. The molecule has 1 heterocycles. The Kier molecular flexibility index (Phi) is 8.31. The Bertz CT molecular complexity index is 1040. The monoisotopic (exact) mass is 474 g/mol. The van der Waals surface area contributed by atoms with Crippen LogP contribution >= 0.6 is 23.2 Å². The molecule has 32 heavy (non-hydrogen) atoms. The minimum absolute atomic E-state index is 0.201. The van der Waals surface area contributed by atoms with E-state index in [1.165, 1.54) is 18.1 Å². The molecule has 0 bridgehead atoms. The van der Waals surface area contributed by atoms with Crippen LogP contribution in [0.4, 0.5) is 5.69 Å². The molecular formula is C24H24Cl2N2O4. The van der Waals surface area contributed by atoms with E-state index in [-0.39, 0.29) is 24.1 Å². The highest BCUT2D eigenvalue weighted by molar-refractivity contribution is 6.37. The van der Waals surface area contributed by atoms with Crippen LogP contribution in [0.3, 0.4) is 0 Å². The van der Waals surface area contributed by atoms with E-state index in [1.807, 2.05) is 6.07 Å². The SMILES string of the molecule is C=CCOc1cc(N(Cc2cccnc2)C(=O)C2=C(C(=O)OC)CCCC2)c(Cl)cc1Cl. The predicted octanol–water partition coefficient (Wildman–Crippen LogP) is 5.53. The Labute approximate surface area is 197 Å². The van der Waals surface area contributed by atoms with E-state index in [1.54, 1.807) is 30.6 Å². The third-order valence-electron chi connectivity index (χ3n) is 5.12. The van der Waals surface area contributed by atoms with E-state index in [2.05, 4.69) is 11.6 Å². The lowest BCUT2D eigenvalue weighted by Gasteiger charge is -2.28. The second-order valence-electron chi connectivity index (χ2n) is 7.24. The number of amides is 1. The van der Waals surface area contributed by atoms with Gasteiger partial charge in [0, 0.05) is 29.6 Å². The fourth-order valence-corrected chi connectivity index (χ4v) is 4.12. The van der Waals surface area contributed by atoms with Crippen molar-refractivity contribution in [2.45, 2.75) is 32.2 Å². The van der Waals surface area contributed by atoms with Crippen molar-refractivity contribution in [3.05, 3.63) is 76.1 Å². The summed E-state index contributed by atoms with van der Waals surface area (Å²) < 4.78 is 10.6. The topological polar surface area (TPSA) is 68.7 Å². The third kappa shape index (κ3) is 5.50. The summed E-state index contributed by atoms with van der Waals surface area (Å²) in [6.45, 7) is 4.09. The van der Waals surface area contributed by atoms with Gasteiger partial charge in [-0.05, 0) is 43.4 Å². The summed E-state index contributed by atoms with van der Waals surface area (Å²) in [7, 11) is 1.32. The predicted molar refractivity (Wildman–Crippen MR) is 125 cm³/mol. The Hall–Kier alpha value is -2.83. The lowest BCUT2D eigenvalue weighted by atomic mass is 9.90. The van der Waals surface area contributed by atoms with Crippen LogP contribution in [0.25, 0.3) is 0 Å². The number of hydrogen-bond acceptors (Lipinski definition) is 5. The van der Waals surface area contributed by atoms with E-state index in [0.717, 1.165) is 18.4 Å². The Morgan fingerprint density at radius 2 is 1.94 bits per heavy atom. The van der Waals surface area contributed by atoms with Crippen LogP contribution in [0, 0.1) is 0 Å². The van der Waals surface area contributed by atoms with Gasteiger partial charge in [0.25, 0.3) is 5.91 Å². The van der Waals surface area contributed by atoms with Gasteiger partial charge < -0.3 is 14.4 Å². The molecule has 2 aromatic rings. The normalized spacial score (nSPS) is 13.5. The van der Waals surface area contributed by atoms with E-state index in [0.29, 0.717) is 40.4 Å². The second-order valence-corrected chi connectivity index (χ2v) is 8.06. The average Bonchev–Trinajstić information content (AvgIpc) is 2.82. The van der Waals surface area contributed by atoms with E-state index >= 15 is 0 Å². The highest BCUT2D eigenvalue weighted by Gasteiger charge is 2.30. The highest BCUT2D eigenvalue weighted by atomic mass is 35.5. The highest BCUT2D eigenvalue weighted by Crippen LogP contribution is 2.38. The van der Waals surface area contributed by atoms with Crippen molar-refractivity contribution in [2.24, 2.45) is 0 Å². The Morgan fingerprint density at radius 3 is 2.59 bits per heavy atom. The van der Waals surface area contributed by atoms with Gasteiger partial charge in [-0.25, -0.2) is 4.79 Å². The zero-order chi connectivity index (χ0) is 23.1. The van der Waals surface area contributed by atoms with Gasteiger partial charge in [-0.15, -0.1) is 0 Å². The van der Waals surface area contributed by atoms with Gasteiger partial charge >= 0.3 is 5.97 Å². The molecule has 0 radical (unpaired) electrons. The van der Waals surface area contributed by atoms with Gasteiger partial charge in [0.1, 0.15) is 12.4 Å². The van der Waals surface area contributed by atoms with Crippen molar-refractivity contribution in [3.8, 4) is 5.75 Å². The number of nitrogens with zero attached hydrogens (tertiary/aromatic N) is 2. The number of methoxy groups -OCH3 is 1. The minimum atomic E-state index is -0.480. The zero-order valence-corrected chi connectivity index (χ0v) is 19.3. The fourth-order valence-electron chi connectivity index (χ4n) is 3.58. The largest absolute Gasteiger partial charge is 0.488 e. The quantitative estimate of drug-likeness (QED) is 0.371. The molecule has 0 unspecified atom stereocenters. The first kappa shape index (κ1) is 23.8. The molecule has 1 aromatic heterocycles. The summed E-state index contributed by atoms with van der Waals surface area (Å²) >= 11 is 12.8. The lowest BCUT2D eigenvalue weighted by molar-refractivity contribution is -0.136.